The van der Waals surface area contributed by atoms with Crippen molar-refractivity contribution in [3.8, 4) is 10.6 Å². The van der Waals surface area contributed by atoms with Gasteiger partial charge in [0.05, 0.1) is 5.69 Å². The highest BCUT2D eigenvalue weighted by atomic mass is 32.1. The molecule has 1 fully saturated rings. The first kappa shape index (κ1) is 19.1. The van der Waals surface area contributed by atoms with Crippen LogP contribution in [0, 0.1) is 6.92 Å². The summed E-state index contributed by atoms with van der Waals surface area (Å²) >= 11 is 1.49. The van der Waals surface area contributed by atoms with E-state index in [1.165, 1.54) is 36.3 Å². The Balaban J connectivity index is 1.60. The monoisotopic (exact) mass is 371 g/mol. The second kappa shape index (κ2) is 8.78. The Hall–Kier alpha value is -1.72. The first-order valence-electron chi connectivity index (χ1n) is 9.63. The number of carbonyl (C=O) groups excluding carboxylic acids is 1. The molecule has 1 amide bonds. The van der Waals surface area contributed by atoms with Gasteiger partial charge in [0, 0.05) is 18.2 Å². The molecule has 1 aromatic heterocycles. The van der Waals surface area contributed by atoms with Gasteiger partial charge in [-0.3, -0.25) is 4.79 Å². The van der Waals surface area contributed by atoms with E-state index in [0.717, 1.165) is 46.9 Å². The predicted octanol–water partition coefficient (Wildman–Crippen LogP) is 4.29. The van der Waals surface area contributed by atoms with Crippen LogP contribution in [0.1, 0.15) is 53.5 Å². The largest absolute Gasteiger partial charge is 0.351 e. The van der Waals surface area contributed by atoms with Gasteiger partial charge in [0.25, 0.3) is 5.91 Å². The van der Waals surface area contributed by atoms with Crippen molar-refractivity contribution >= 4 is 17.2 Å². The van der Waals surface area contributed by atoms with Crippen molar-refractivity contribution in [2.45, 2.75) is 52.0 Å². The molecule has 26 heavy (non-hydrogen) atoms. The quantitative estimate of drug-likeness (QED) is 0.790. The van der Waals surface area contributed by atoms with E-state index in [-0.39, 0.29) is 5.91 Å². The molecule has 1 N–H and O–H groups in total. The van der Waals surface area contributed by atoms with Gasteiger partial charge in [-0.2, -0.15) is 0 Å². The number of rotatable bonds is 7. The number of benzene rings is 1. The Morgan fingerprint density at radius 2 is 2.12 bits per heavy atom. The molecule has 0 radical (unpaired) electrons. The van der Waals surface area contributed by atoms with Crippen molar-refractivity contribution in [3.05, 3.63) is 40.4 Å². The highest BCUT2D eigenvalue weighted by Crippen LogP contribution is 2.28. The van der Waals surface area contributed by atoms with Gasteiger partial charge >= 0.3 is 0 Å². The summed E-state index contributed by atoms with van der Waals surface area (Å²) in [6, 6.07) is 9.15. The lowest BCUT2D eigenvalue weighted by molar-refractivity contribution is 0.0953. The highest BCUT2D eigenvalue weighted by molar-refractivity contribution is 7.17. The number of likely N-dealkylation sites (tertiary alicyclic amines) is 1. The van der Waals surface area contributed by atoms with Crippen molar-refractivity contribution in [1.82, 2.24) is 15.2 Å². The van der Waals surface area contributed by atoms with Gasteiger partial charge in [0.1, 0.15) is 9.88 Å². The molecular weight excluding hydrogens is 342 g/mol. The third-order valence-corrected chi connectivity index (χ3v) is 6.38. The van der Waals surface area contributed by atoms with E-state index in [1.54, 1.807) is 0 Å². The fraction of sp³-hybridized carbons (Fsp3) is 0.524. The Morgan fingerprint density at radius 1 is 1.35 bits per heavy atom. The van der Waals surface area contributed by atoms with Gasteiger partial charge in [-0.1, -0.05) is 37.6 Å². The number of nitrogens with zero attached hydrogens (tertiary/aromatic N) is 2. The fourth-order valence-electron chi connectivity index (χ4n) is 3.61. The molecule has 1 unspecified atom stereocenters. The van der Waals surface area contributed by atoms with Gasteiger partial charge in [-0.15, -0.1) is 11.3 Å². The summed E-state index contributed by atoms with van der Waals surface area (Å²) in [6.45, 7) is 6.01. The number of aryl methyl sites for hydroxylation is 2. The number of hydrogen-bond acceptors (Lipinski definition) is 4. The highest BCUT2D eigenvalue weighted by Gasteiger charge is 2.21. The molecule has 2 aromatic rings. The molecule has 5 heteroatoms. The third-order valence-electron chi connectivity index (χ3n) is 5.18. The van der Waals surface area contributed by atoms with Crippen LogP contribution >= 0.6 is 11.3 Å². The van der Waals surface area contributed by atoms with Crippen molar-refractivity contribution < 1.29 is 4.79 Å². The van der Waals surface area contributed by atoms with Gasteiger partial charge in [0.2, 0.25) is 0 Å². The molecule has 1 atom stereocenters. The van der Waals surface area contributed by atoms with Crippen LogP contribution in [0.15, 0.2) is 24.3 Å². The standard InChI is InChI=1S/C21H29N3OS/c1-4-6-16-8-10-17(11-9-16)21-23-15(2)19(26-21)20(25)22-13-12-18-7-5-14-24(18)3/h8-11,18H,4-7,12-14H2,1-3H3,(H,22,25). The number of hydrogen-bond donors (Lipinski definition) is 1. The maximum absolute atomic E-state index is 12.6. The summed E-state index contributed by atoms with van der Waals surface area (Å²) in [5, 5.41) is 4.01. The van der Waals surface area contributed by atoms with E-state index in [1.807, 2.05) is 6.92 Å². The lowest BCUT2D eigenvalue weighted by Gasteiger charge is -2.19. The minimum absolute atomic E-state index is 0.00880. The number of nitrogens with one attached hydrogen (secondary N) is 1. The molecule has 1 aliphatic heterocycles. The summed E-state index contributed by atoms with van der Waals surface area (Å²) in [7, 11) is 2.17. The lowest BCUT2D eigenvalue weighted by atomic mass is 10.1. The summed E-state index contributed by atoms with van der Waals surface area (Å²) in [5.74, 6) is 0.00880. The molecule has 4 nitrogen and oxygen atoms in total. The van der Waals surface area contributed by atoms with E-state index in [0.29, 0.717) is 6.04 Å². The van der Waals surface area contributed by atoms with Gasteiger partial charge < -0.3 is 10.2 Å². The number of amides is 1. The fourth-order valence-corrected chi connectivity index (χ4v) is 4.60. The molecule has 0 aliphatic carbocycles. The normalized spacial score (nSPS) is 17.6. The molecule has 0 bridgehead atoms. The number of carbonyl (C=O) groups is 1. The molecule has 3 rings (SSSR count). The zero-order chi connectivity index (χ0) is 18.5. The topological polar surface area (TPSA) is 45.2 Å². The molecule has 0 saturated carbocycles. The number of thiazole rings is 1. The maximum atomic E-state index is 12.6. The Morgan fingerprint density at radius 3 is 2.77 bits per heavy atom. The van der Waals surface area contributed by atoms with Crippen LogP contribution in [-0.2, 0) is 6.42 Å². The van der Waals surface area contributed by atoms with E-state index in [4.69, 9.17) is 0 Å². The van der Waals surface area contributed by atoms with Crippen molar-refractivity contribution in [2.24, 2.45) is 0 Å². The van der Waals surface area contributed by atoms with Crippen LogP contribution in [0.2, 0.25) is 0 Å². The average molecular weight is 372 g/mol. The second-order valence-corrected chi connectivity index (χ2v) is 8.20. The van der Waals surface area contributed by atoms with Crippen LogP contribution in [-0.4, -0.2) is 42.0 Å². The van der Waals surface area contributed by atoms with Gasteiger partial charge in [0.15, 0.2) is 0 Å². The molecule has 0 spiro atoms. The van der Waals surface area contributed by atoms with E-state index >= 15 is 0 Å². The second-order valence-electron chi connectivity index (χ2n) is 7.20. The lowest BCUT2D eigenvalue weighted by Crippen LogP contribution is -2.31. The smallest absolute Gasteiger partial charge is 0.263 e. The molecule has 1 aromatic carbocycles. The minimum atomic E-state index is 0.00880. The van der Waals surface area contributed by atoms with Crippen LogP contribution in [0.4, 0.5) is 0 Å². The molecular formula is C21H29N3OS. The molecule has 140 valence electrons. The third kappa shape index (κ3) is 4.51. The Bertz CT molecular complexity index is 738. The van der Waals surface area contributed by atoms with Gasteiger partial charge in [-0.25, -0.2) is 4.98 Å². The molecule has 2 heterocycles. The van der Waals surface area contributed by atoms with Crippen LogP contribution in [0.5, 0.6) is 0 Å². The number of aromatic nitrogens is 1. The van der Waals surface area contributed by atoms with Crippen LogP contribution in [0.25, 0.3) is 10.6 Å². The van der Waals surface area contributed by atoms with Crippen molar-refractivity contribution in [1.29, 1.82) is 0 Å². The molecule has 1 aliphatic rings. The summed E-state index contributed by atoms with van der Waals surface area (Å²) in [6.07, 6.45) is 5.77. The van der Waals surface area contributed by atoms with Gasteiger partial charge in [-0.05, 0) is 51.8 Å². The van der Waals surface area contributed by atoms with Crippen LogP contribution < -0.4 is 5.32 Å². The average Bonchev–Trinajstić information content (AvgIpc) is 3.22. The SMILES string of the molecule is CCCc1ccc(-c2nc(C)c(C(=O)NCCC3CCCN3C)s2)cc1. The van der Waals surface area contributed by atoms with E-state index in [2.05, 4.69) is 53.4 Å². The van der Waals surface area contributed by atoms with E-state index < -0.39 is 0 Å². The molecule has 1 saturated heterocycles. The van der Waals surface area contributed by atoms with Crippen molar-refractivity contribution in [3.63, 3.8) is 0 Å². The van der Waals surface area contributed by atoms with Crippen LogP contribution in [0.3, 0.4) is 0 Å². The summed E-state index contributed by atoms with van der Waals surface area (Å²) in [4.78, 5) is 20.3. The zero-order valence-corrected chi connectivity index (χ0v) is 16.9. The summed E-state index contributed by atoms with van der Waals surface area (Å²) in [5.41, 5.74) is 3.25. The zero-order valence-electron chi connectivity index (χ0n) is 16.0. The first-order valence-corrected chi connectivity index (χ1v) is 10.4. The summed E-state index contributed by atoms with van der Waals surface area (Å²) < 4.78 is 0. The minimum Gasteiger partial charge on any atom is -0.351 e. The van der Waals surface area contributed by atoms with Crippen molar-refractivity contribution in [2.75, 3.05) is 20.1 Å². The first-order chi connectivity index (χ1) is 12.6. The Kier molecular flexibility index (Phi) is 6.43. The maximum Gasteiger partial charge on any atom is 0.263 e. The predicted molar refractivity (Wildman–Crippen MR) is 109 cm³/mol. The van der Waals surface area contributed by atoms with E-state index in [9.17, 15) is 4.79 Å². The Labute approximate surface area is 160 Å².